The van der Waals surface area contributed by atoms with E-state index in [1.807, 2.05) is 18.7 Å². The zero-order chi connectivity index (χ0) is 16.2. The van der Waals surface area contributed by atoms with Gasteiger partial charge in [0, 0.05) is 13.1 Å². The predicted octanol–water partition coefficient (Wildman–Crippen LogP) is 3.48. The SMILES string of the molecule is CCN(CC)c1nncc(Nc2ccccc2C(F)(F)F)n1. The second-order valence-electron chi connectivity index (χ2n) is 4.48. The molecule has 0 fully saturated rings. The number of hydrogen-bond donors (Lipinski definition) is 1. The Bertz CT molecular complexity index is 626. The van der Waals surface area contributed by atoms with Crippen molar-refractivity contribution >= 4 is 17.5 Å². The second-order valence-corrected chi connectivity index (χ2v) is 4.48. The summed E-state index contributed by atoms with van der Waals surface area (Å²) in [5, 5.41) is 10.4. The number of benzene rings is 1. The molecule has 2 aromatic rings. The van der Waals surface area contributed by atoms with Gasteiger partial charge in [-0.3, -0.25) is 0 Å². The van der Waals surface area contributed by atoms with E-state index in [9.17, 15) is 13.2 Å². The molecule has 2 rings (SSSR count). The van der Waals surface area contributed by atoms with Crippen molar-refractivity contribution in [3.05, 3.63) is 36.0 Å². The van der Waals surface area contributed by atoms with Gasteiger partial charge in [-0.05, 0) is 26.0 Å². The van der Waals surface area contributed by atoms with Gasteiger partial charge in [-0.15, -0.1) is 5.10 Å². The summed E-state index contributed by atoms with van der Waals surface area (Å²) in [6.45, 7) is 5.24. The third kappa shape index (κ3) is 3.63. The molecule has 0 aliphatic heterocycles. The molecule has 8 heteroatoms. The van der Waals surface area contributed by atoms with Crippen molar-refractivity contribution in [2.24, 2.45) is 0 Å². The minimum atomic E-state index is -4.44. The van der Waals surface area contributed by atoms with Crippen molar-refractivity contribution in [3.63, 3.8) is 0 Å². The van der Waals surface area contributed by atoms with E-state index >= 15 is 0 Å². The van der Waals surface area contributed by atoms with Crippen LogP contribution in [0.15, 0.2) is 30.5 Å². The number of aromatic nitrogens is 3. The molecule has 0 atom stereocenters. The van der Waals surface area contributed by atoms with Gasteiger partial charge < -0.3 is 10.2 Å². The lowest BCUT2D eigenvalue weighted by Crippen LogP contribution is -2.24. The molecule has 0 unspecified atom stereocenters. The van der Waals surface area contributed by atoms with E-state index in [2.05, 4.69) is 20.5 Å². The van der Waals surface area contributed by atoms with Crippen molar-refractivity contribution in [1.82, 2.24) is 15.2 Å². The average molecular weight is 311 g/mol. The molecule has 0 bridgehead atoms. The van der Waals surface area contributed by atoms with Crippen molar-refractivity contribution in [2.45, 2.75) is 20.0 Å². The van der Waals surface area contributed by atoms with E-state index in [4.69, 9.17) is 0 Å². The minimum Gasteiger partial charge on any atom is -0.340 e. The molecule has 0 spiro atoms. The molecule has 22 heavy (non-hydrogen) atoms. The number of anilines is 3. The topological polar surface area (TPSA) is 53.9 Å². The highest BCUT2D eigenvalue weighted by molar-refractivity contribution is 5.61. The van der Waals surface area contributed by atoms with Crippen LogP contribution in [0, 0.1) is 0 Å². The zero-order valence-corrected chi connectivity index (χ0v) is 12.2. The maximum Gasteiger partial charge on any atom is 0.418 e. The number of rotatable bonds is 5. The molecule has 1 aromatic carbocycles. The van der Waals surface area contributed by atoms with Gasteiger partial charge >= 0.3 is 6.18 Å². The zero-order valence-electron chi connectivity index (χ0n) is 12.2. The molecule has 0 radical (unpaired) electrons. The summed E-state index contributed by atoms with van der Waals surface area (Å²) in [7, 11) is 0. The Morgan fingerprint density at radius 3 is 2.45 bits per heavy atom. The summed E-state index contributed by atoms with van der Waals surface area (Å²) in [6, 6.07) is 5.23. The van der Waals surface area contributed by atoms with E-state index in [0.29, 0.717) is 19.0 Å². The minimum absolute atomic E-state index is 0.0685. The normalized spacial score (nSPS) is 11.3. The van der Waals surface area contributed by atoms with Gasteiger partial charge in [0.05, 0.1) is 17.4 Å². The first-order valence-electron chi connectivity index (χ1n) is 6.83. The van der Waals surface area contributed by atoms with Gasteiger partial charge in [0.15, 0.2) is 5.82 Å². The highest BCUT2D eigenvalue weighted by atomic mass is 19.4. The Hall–Kier alpha value is -2.38. The summed E-state index contributed by atoms with van der Waals surface area (Å²) >= 11 is 0. The van der Waals surface area contributed by atoms with Gasteiger partial charge in [-0.1, -0.05) is 12.1 Å². The fourth-order valence-corrected chi connectivity index (χ4v) is 1.97. The first kappa shape index (κ1) is 16.0. The van der Waals surface area contributed by atoms with Crippen LogP contribution in [0.4, 0.5) is 30.6 Å². The summed E-state index contributed by atoms with van der Waals surface area (Å²) < 4.78 is 38.9. The first-order valence-corrected chi connectivity index (χ1v) is 6.83. The molecular weight excluding hydrogens is 295 g/mol. The Morgan fingerprint density at radius 1 is 1.14 bits per heavy atom. The highest BCUT2D eigenvalue weighted by Gasteiger charge is 2.33. The maximum absolute atomic E-state index is 13.0. The second kappa shape index (κ2) is 6.59. The van der Waals surface area contributed by atoms with Crippen LogP contribution in [0.2, 0.25) is 0 Å². The Labute approximate surface area is 126 Å². The van der Waals surface area contributed by atoms with E-state index < -0.39 is 11.7 Å². The van der Waals surface area contributed by atoms with Crippen LogP contribution >= 0.6 is 0 Å². The quantitative estimate of drug-likeness (QED) is 0.916. The monoisotopic (exact) mass is 311 g/mol. The number of alkyl halides is 3. The fourth-order valence-electron chi connectivity index (χ4n) is 1.97. The molecule has 1 heterocycles. The standard InChI is InChI=1S/C14H16F3N5/c1-3-22(4-2)13-20-12(9-18-21-13)19-11-8-6-5-7-10(11)14(15,16)17/h5-9H,3-4H2,1-2H3,(H,19,20,21). The lowest BCUT2D eigenvalue weighted by atomic mass is 10.1. The number of para-hydroxylation sites is 1. The summed E-state index contributed by atoms with van der Waals surface area (Å²) in [4.78, 5) is 6.06. The van der Waals surface area contributed by atoms with Crippen molar-refractivity contribution in [1.29, 1.82) is 0 Å². The van der Waals surface area contributed by atoms with Crippen LogP contribution in [-0.2, 0) is 6.18 Å². The molecule has 0 saturated carbocycles. The van der Waals surface area contributed by atoms with Crippen LogP contribution in [0.25, 0.3) is 0 Å². The van der Waals surface area contributed by atoms with Crippen LogP contribution < -0.4 is 10.2 Å². The van der Waals surface area contributed by atoms with Crippen LogP contribution in [0.5, 0.6) is 0 Å². The van der Waals surface area contributed by atoms with Crippen LogP contribution in [0.3, 0.4) is 0 Å². The van der Waals surface area contributed by atoms with E-state index in [1.165, 1.54) is 24.4 Å². The van der Waals surface area contributed by atoms with Gasteiger partial charge in [0.2, 0.25) is 5.95 Å². The van der Waals surface area contributed by atoms with Gasteiger partial charge in [-0.2, -0.15) is 23.3 Å². The van der Waals surface area contributed by atoms with Crippen LogP contribution in [0.1, 0.15) is 19.4 Å². The molecule has 1 N–H and O–H groups in total. The highest BCUT2D eigenvalue weighted by Crippen LogP contribution is 2.35. The molecule has 118 valence electrons. The lowest BCUT2D eigenvalue weighted by molar-refractivity contribution is -0.136. The maximum atomic E-state index is 13.0. The average Bonchev–Trinajstić information content (AvgIpc) is 2.48. The third-order valence-corrected chi connectivity index (χ3v) is 3.09. The van der Waals surface area contributed by atoms with Crippen molar-refractivity contribution in [2.75, 3.05) is 23.3 Å². The summed E-state index contributed by atoms with van der Waals surface area (Å²) in [5.74, 6) is 0.591. The van der Waals surface area contributed by atoms with Crippen molar-refractivity contribution < 1.29 is 13.2 Å². The molecule has 0 aliphatic carbocycles. The first-order chi connectivity index (χ1) is 10.5. The molecule has 5 nitrogen and oxygen atoms in total. The van der Waals surface area contributed by atoms with E-state index in [1.54, 1.807) is 0 Å². The molecule has 1 aromatic heterocycles. The Balaban J connectivity index is 2.31. The lowest BCUT2D eigenvalue weighted by Gasteiger charge is -2.18. The number of nitrogens with zero attached hydrogens (tertiary/aromatic N) is 4. The molecule has 0 amide bonds. The smallest absolute Gasteiger partial charge is 0.340 e. The molecule has 0 aliphatic rings. The molecular formula is C14H16F3N5. The molecule has 0 saturated heterocycles. The van der Waals surface area contributed by atoms with Gasteiger partial charge in [0.25, 0.3) is 0 Å². The van der Waals surface area contributed by atoms with Gasteiger partial charge in [0.1, 0.15) is 0 Å². The summed E-state index contributed by atoms with van der Waals surface area (Å²) in [6.07, 6.45) is -3.15. The fraction of sp³-hybridized carbons (Fsp3) is 0.357. The number of hydrogen-bond acceptors (Lipinski definition) is 5. The predicted molar refractivity (Wildman–Crippen MR) is 78.1 cm³/mol. The number of nitrogens with one attached hydrogen (secondary N) is 1. The van der Waals surface area contributed by atoms with Crippen molar-refractivity contribution in [3.8, 4) is 0 Å². The number of halogens is 3. The van der Waals surface area contributed by atoms with E-state index in [0.717, 1.165) is 6.07 Å². The van der Waals surface area contributed by atoms with E-state index in [-0.39, 0.29) is 11.5 Å². The summed E-state index contributed by atoms with van der Waals surface area (Å²) in [5.41, 5.74) is -0.820. The largest absolute Gasteiger partial charge is 0.418 e. The Kier molecular flexibility index (Phi) is 4.79. The third-order valence-electron chi connectivity index (χ3n) is 3.09. The van der Waals surface area contributed by atoms with Gasteiger partial charge in [-0.25, -0.2) is 0 Å². The Morgan fingerprint density at radius 2 is 1.82 bits per heavy atom. The van der Waals surface area contributed by atoms with Crippen LogP contribution in [-0.4, -0.2) is 28.3 Å².